The third kappa shape index (κ3) is 3.55. The Hall–Kier alpha value is -1.55. The molecule has 0 aliphatic heterocycles. The molecule has 1 aromatic rings. The van der Waals surface area contributed by atoms with Crippen LogP contribution < -0.4 is 10.1 Å². The highest BCUT2D eigenvalue weighted by Crippen LogP contribution is 2.15. The van der Waals surface area contributed by atoms with Crippen LogP contribution in [0.3, 0.4) is 0 Å². The molecule has 1 unspecified atom stereocenters. The molecule has 1 aromatic carbocycles. The molecule has 0 radical (unpaired) electrons. The van der Waals surface area contributed by atoms with E-state index in [4.69, 9.17) is 4.74 Å². The Morgan fingerprint density at radius 1 is 1.50 bits per heavy atom. The van der Waals surface area contributed by atoms with Crippen molar-refractivity contribution in [2.24, 2.45) is 0 Å². The zero-order chi connectivity index (χ0) is 12.0. The first-order valence-electron chi connectivity index (χ1n) is 5.15. The fourth-order valence-corrected chi connectivity index (χ4v) is 1.35. The lowest BCUT2D eigenvalue weighted by Crippen LogP contribution is -2.24. The van der Waals surface area contributed by atoms with Crippen LogP contribution in [0.1, 0.15) is 12.5 Å². The highest BCUT2D eigenvalue weighted by Gasteiger charge is 2.14. The fourth-order valence-electron chi connectivity index (χ4n) is 1.35. The van der Waals surface area contributed by atoms with Crippen molar-refractivity contribution >= 4 is 5.97 Å². The van der Waals surface area contributed by atoms with Crippen LogP contribution >= 0.6 is 0 Å². The average Bonchev–Trinajstić information content (AvgIpc) is 2.29. The zero-order valence-electron chi connectivity index (χ0n) is 9.82. The van der Waals surface area contributed by atoms with Gasteiger partial charge in [0.2, 0.25) is 0 Å². The van der Waals surface area contributed by atoms with E-state index >= 15 is 0 Å². The number of ether oxygens (including phenoxy) is 2. The van der Waals surface area contributed by atoms with Gasteiger partial charge in [-0.05, 0) is 31.7 Å². The first-order valence-corrected chi connectivity index (χ1v) is 5.15. The lowest BCUT2D eigenvalue weighted by atomic mass is 10.2. The molecule has 1 N–H and O–H groups in total. The summed E-state index contributed by atoms with van der Waals surface area (Å²) in [6.07, 6.45) is -0.588. The largest absolute Gasteiger partial charge is 0.479 e. The van der Waals surface area contributed by atoms with Crippen LogP contribution in [0, 0.1) is 0 Å². The Morgan fingerprint density at radius 2 is 2.25 bits per heavy atom. The van der Waals surface area contributed by atoms with Gasteiger partial charge in [-0.2, -0.15) is 0 Å². The van der Waals surface area contributed by atoms with Gasteiger partial charge in [-0.25, -0.2) is 4.79 Å². The molecule has 16 heavy (non-hydrogen) atoms. The van der Waals surface area contributed by atoms with E-state index in [0.29, 0.717) is 5.75 Å². The molecule has 0 saturated heterocycles. The molecule has 1 rings (SSSR count). The highest BCUT2D eigenvalue weighted by molar-refractivity contribution is 5.74. The van der Waals surface area contributed by atoms with Gasteiger partial charge < -0.3 is 14.8 Å². The van der Waals surface area contributed by atoms with E-state index in [9.17, 15) is 4.79 Å². The van der Waals surface area contributed by atoms with Gasteiger partial charge in [0.25, 0.3) is 0 Å². The minimum atomic E-state index is -0.588. The summed E-state index contributed by atoms with van der Waals surface area (Å²) in [5.74, 6) is 0.296. The maximum Gasteiger partial charge on any atom is 0.346 e. The molecule has 0 aromatic heterocycles. The Bertz CT molecular complexity index is 352. The summed E-state index contributed by atoms with van der Waals surface area (Å²) in [6.45, 7) is 2.43. The standard InChI is InChI=1S/C12H17NO3/c1-9(12(14)15-3)16-11-6-4-5-10(7-11)8-13-2/h4-7,9,13H,8H2,1-3H3. The predicted molar refractivity (Wildman–Crippen MR) is 61.3 cm³/mol. The summed E-state index contributed by atoms with van der Waals surface area (Å²) in [5.41, 5.74) is 1.11. The van der Waals surface area contributed by atoms with Gasteiger partial charge in [0.1, 0.15) is 5.75 Å². The Morgan fingerprint density at radius 3 is 2.88 bits per heavy atom. The first-order chi connectivity index (χ1) is 7.67. The molecule has 0 bridgehead atoms. The van der Waals surface area contributed by atoms with Crippen LogP contribution in [0.15, 0.2) is 24.3 Å². The Balaban J connectivity index is 2.66. The summed E-state index contributed by atoms with van der Waals surface area (Å²) >= 11 is 0. The minimum Gasteiger partial charge on any atom is -0.479 e. The van der Waals surface area contributed by atoms with Crippen molar-refractivity contribution in [3.63, 3.8) is 0 Å². The predicted octanol–water partition coefficient (Wildman–Crippen LogP) is 1.35. The van der Waals surface area contributed by atoms with Crippen molar-refractivity contribution in [1.29, 1.82) is 0 Å². The van der Waals surface area contributed by atoms with Gasteiger partial charge in [-0.1, -0.05) is 12.1 Å². The average molecular weight is 223 g/mol. The molecule has 0 saturated carbocycles. The molecule has 0 fully saturated rings. The van der Waals surface area contributed by atoms with Crippen LogP contribution in [0.2, 0.25) is 0 Å². The van der Waals surface area contributed by atoms with Gasteiger partial charge in [-0.15, -0.1) is 0 Å². The number of hydrogen-bond donors (Lipinski definition) is 1. The van der Waals surface area contributed by atoms with Crippen LogP contribution in [0.25, 0.3) is 0 Å². The third-order valence-corrected chi connectivity index (χ3v) is 2.13. The quantitative estimate of drug-likeness (QED) is 0.765. The van der Waals surface area contributed by atoms with Crippen molar-refractivity contribution in [2.75, 3.05) is 14.2 Å². The number of methoxy groups -OCH3 is 1. The van der Waals surface area contributed by atoms with E-state index in [1.165, 1.54) is 7.11 Å². The first kappa shape index (κ1) is 12.5. The topological polar surface area (TPSA) is 47.6 Å². The van der Waals surface area contributed by atoms with E-state index in [0.717, 1.165) is 12.1 Å². The van der Waals surface area contributed by atoms with E-state index in [-0.39, 0.29) is 5.97 Å². The Kier molecular flexibility index (Phi) is 4.79. The van der Waals surface area contributed by atoms with Crippen LogP contribution in [-0.4, -0.2) is 26.2 Å². The number of nitrogens with one attached hydrogen (secondary N) is 1. The van der Waals surface area contributed by atoms with Gasteiger partial charge >= 0.3 is 5.97 Å². The minimum absolute atomic E-state index is 0.376. The summed E-state index contributed by atoms with van der Waals surface area (Å²) < 4.78 is 10.0. The molecule has 0 amide bonds. The van der Waals surface area contributed by atoms with Crippen molar-refractivity contribution in [2.45, 2.75) is 19.6 Å². The zero-order valence-corrected chi connectivity index (χ0v) is 9.82. The monoisotopic (exact) mass is 223 g/mol. The molecular weight excluding hydrogens is 206 g/mol. The maximum atomic E-state index is 11.2. The molecule has 4 heteroatoms. The summed E-state index contributed by atoms with van der Waals surface area (Å²) in [4.78, 5) is 11.2. The van der Waals surface area contributed by atoms with Gasteiger partial charge in [0.05, 0.1) is 7.11 Å². The second-order valence-corrected chi connectivity index (χ2v) is 3.46. The van der Waals surface area contributed by atoms with Crippen molar-refractivity contribution < 1.29 is 14.3 Å². The number of hydrogen-bond acceptors (Lipinski definition) is 4. The number of esters is 1. The highest BCUT2D eigenvalue weighted by atomic mass is 16.6. The van der Waals surface area contributed by atoms with Crippen molar-refractivity contribution in [1.82, 2.24) is 5.32 Å². The van der Waals surface area contributed by atoms with Gasteiger partial charge in [0, 0.05) is 6.54 Å². The van der Waals surface area contributed by atoms with Gasteiger partial charge in [-0.3, -0.25) is 0 Å². The number of carbonyl (C=O) groups is 1. The summed E-state index contributed by atoms with van der Waals surface area (Å²) in [7, 11) is 3.23. The second-order valence-electron chi connectivity index (χ2n) is 3.46. The molecule has 88 valence electrons. The smallest absolute Gasteiger partial charge is 0.346 e. The van der Waals surface area contributed by atoms with Crippen LogP contribution in [0.4, 0.5) is 0 Å². The molecule has 4 nitrogen and oxygen atoms in total. The molecule has 1 atom stereocenters. The van der Waals surface area contributed by atoms with E-state index in [1.54, 1.807) is 6.92 Å². The summed E-state index contributed by atoms with van der Waals surface area (Å²) in [5, 5.41) is 3.05. The SMILES string of the molecule is CNCc1cccc(OC(C)C(=O)OC)c1. The molecule has 0 aliphatic carbocycles. The van der Waals surface area contributed by atoms with Gasteiger partial charge in [0.15, 0.2) is 6.10 Å². The normalized spacial score (nSPS) is 11.9. The fraction of sp³-hybridized carbons (Fsp3) is 0.417. The third-order valence-electron chi connectivity index (χ3n) is 2.13. The molecular formula is C12H17NO3. The van der Waals surface area contributed by atoms with Crippen LogP contribution in [-0.2, 0) is 16.1 Å². The second kappa shape index (κ2) is 6.12. The number of carbonyl (C=O) groups excluding carboxylic acids is 1. The number of rotatable bonds is 5. The van der Waals surface area contributed by atoms with Crippen LogP contribution in [0.5, 0.6) is 5.75 Å². The van der Waals surface area contributed by atoms with Crippen molar-refractivity contribution in [3.8, 4) is 5.75 Å². The molecule has 0 heterocycles. The maximum absolute atomic E-state index is 11.2. The summed E-state index contributed by atoms with van der Waals surface area (Å²) in [6, 6.07) is 7.60. The lowest BCUT2D eigenvalue weighted by molar-refractivity contribution is -0.147. The van der Waals surface area contributed by atoms with E-state index < -0.39 is 6.10 Å². The van der Waals surface area contributed by atoms with E-state index in [1.807, 2.05) is 31.3 Å². The molecule has 0 spiro atoms. The number of benzene rings is 1. The Labute approximate surface area is 95.6 Å². The molecule has 0 aliphatic rings. The lowest BCUT2D eigenvalue weighted by Gasteiger charge is -2.13. The van der Waals surface area contributed by atoms with E-state index in [2.05, 4.69) is 10.1 Å². The van der Waals surface area contributed by atoms with Crippen molar-refractivity contribution in [3.05, 3.63) is 29.8 Å².